The van der Waals surface area contributed by atoms with Crippen molar-refractivity contribution in [2.75, 3.05) is 33.2 Å². The number of nitrogens with zero attached hydrogens (tertiary/aromatic N) is 3. The van der Waals surface area contributed by atoms with Crippen LogP contribution in [0.4, 0.5) is 13.2 Å². The highest BCUT2D eigenvalue weighted by atomic mass is 19.4. The van der Waals surface area contributed by atoms with Gasteiger partial charge >= 0.3 is 6.18 Å². The molecule has 1 aliphatic heterocycles. The number of carbonyl (C=O) groups excluding carboxylic acids is 1. The van der Waals surface area contributed by atoms with Crippen molar-refractivity contribution >= 4 is 5.91 Å². The van der Waals surface area contributed by atoms with Crippen LogP contribution in [0.25, 0.3) is 0 Å². The average Bonchev–Trinajstić information content (AvgIpc) is 2.45. The van der Waals surface area contributed by atoms with Crippen molar-refractivity contribution in [2.24, 2.45) is 5.73 Å². The highest BCUT2D eigenvalue weighted by molar-refractivity contribution is 5.94. The molecule has 2 rings (SSSR count). The van der Waals surface area contributed by atoms with Crippen molar-refractivity contribution in [2.45, 2.75) is 12.2 Å². The molecule has 0 saturated carbocycles. The van der Waals surface area contributed by atoms with Gasteiger partial charge in [0, 0.05) is 32.4 Å². The van der Waals surface area contributed by atoms with Crippen LogP contribution in [0, 0.1) is 0 Å². The lowest BCUT2D eigenvalue weighted by Gasteiger charge is -2.39. The first-order chi connectivity index (χ1) is 9.82. The van der Waals surface area contributed by atoms with Crippen molar-refractivity contribution in [1.82, 2.24) is 14.8 Å². The van der Waals surface area contributed by atoms with Crippen LogP contribution in [0.2, 0.25) is 0 Å². The van der Waals surface area contributed by atoms with E-state index in [1.807, 2.05) is 7.05 Å². The van der Waals surface area contributed by atoms with Gasteiger partial charge in [0.25, 0.3) is 5.91 Å². The molecule has 1 saturated heterocycles. The molecule has 2 heterocycles. The van der Waals surface area contributed by atoms with E-state index in [4.69, 9.17) is 5.73 Å². The quantitative estimate of drug-likeness (QED) is 0.878. The van der Waals surface area contributed by atoms with Crippen LogP contribution in [0.15, 0.2) is 18.3 Å². The third-order valence-electron chi connectivity index (χ3n) is 3.52. The van der Waals surface area contributed by atoms with Gasteiger partial charge in [0.1, 0.15) is 5.69 Å². The van der Waals surface area contributed by atoms with E-state index in [0.717, 1.165) is 18.3 Å². The van der Waals surface area contributed by atoms with Crippen LogP contribution in [-0.2, 0) is 6.18 Å². The fraction of sp³-hybridized carbons (Fsp3) is 0.538. The van der Waals surface area contributed by atoms with Gasteiger partial charge in [-0.2, -0.15) is 13.2 Å². The molecule has 2 N–H and O–H groups in total. The lowest BCUT2D eigenvalue weighted by molar-refractivity contribution is -0.141. The van der Waals surface area contributed by atoms with Gasteiger partial charge in [-0.25, -0.2) is 0 Å². The summed E-state index contributed by atoms with van der Waals surface area (Å²) in [6.45, 7) is 2.16. The van der Waals surface area contributed by atoms with E-state index in [-0.39, 0.29) is 17.5 Å². The first kappa shape index (κ1) is 15.7. The van der Waals surface area contributed by atoms with E-state index in [0.29, 0.717) is 26.2 Å². The Labute approximate surface area is 120 Å². The Balaban J connectivity index is 2.16. The van der Waals surface area contributed by atoms with Gasteiger partial charge in [-0.05, 0) is 19.2 Å². The van der Waals surface area contributed by atoms with Crippen LogP contribution in [-0.4, -0.2) is 60.0 Å². The van der Waals surface area contributed by atoms with Crippen molar-refractivity contribution in [1.29, 1.82) is 0 Å². The fourth-order valence-corrected chi connectivity index (χ4v) is 2.33. The Morgan fingerprint density at radius 2 is 2.14 bits per heavy atom. The molecule has 1 fully saturated rings. The van der Waals surface area contributed by atoms with Crippen LogP contribution in [0.5, 0.6) is 0 Å². The molecule has 0 bridgehead atoms. The van der Waals surface area contributed by atoms with Gasteiger partial charge in [-0.15, -0.1) is 0 Å². The zero-order valence-corrected chi connectivity index (χ0v) is 11.6. The molecule has 0 spiro atoms. The SMILES string of the molecule is CN1CCN(C(=O)c2ccc(C(F)(F)F)nc2)C(CN)C1. The minimum Gasteiger partial charge on any atom is -0.332 e. The van der Waals surface area contributed by atoms with Gasteiger partial charge in [-0.1, -0.05) is 0 Å². The summed E-state index contributed by atoms with van der Waals surface area (Å²) in [7, 11) is 1.93. The van der Waals surface area contributed by atoms with Crippen molar-refractivity contribution < 1.29 is 18.0 Å². The number of carbonyl (C=O) groups is 1. The number of alkyl halides is 3. The molecule has 1 amide bonds. The molecule has 1 aromatic heterocycles. The fourth-order valence-electron chi connectivity index (χ4n) is 2.33. The lowest BCUT2D eigenvalue weighted by Crippen LogP contribution is -2.56. The van der Waals surface area contributed by atoms with Crippen LogP contribution in [0.3, 0.4) is 0 Å². The monoisotopic (exact) mass is 302 g/mol. The summed E-state index contributed by atoms with van der Waals surface area (Å²) in [6.07, 6.45) is -3.54. The molecule has 21 heavy (non-hydrogen) atoms. The number of piperazine rings is 1. The minimum absolute atomic E-state index is 0.140. The Bertz CT molecular complexity index is 503. The minimum atomic E-state index is -4.50. The van der Waals surface area contributed by atoms with Crippen molar-refractivity contribution in [3.05, 3.63) is 29.6 Å². The summed E-state index contributed by atoms with van der Waals surface area (Å²) in [4.78, 5) is 19.3. The van der Waals surface area contributed by atoms with Crippen molar-refractivity contribution in [3.8, 4) is 0 Å². The molecule has 0 aliphatic carbocycles. The van der Waals surface area contributed by atoms with E-state index in [9.17, 15) is 18.0 Å². The van der Waals surface area contributed by atoms with Crippen LogP contribution < -0.4 is 5.73 Å². The number of hydrogen-bond acceptors (Lipinski definition) is 4. The molecule has 1 unspecified atom stereocenters. The molecule has 8 heteroatoms. The molecule has 116 valence electrons. The molecule has 1 aromatic rings. The number of aromatic nitrogens is 1. The first-order valence-electron chi connectivity index (χ1n) is 6.55. The van der Waals surface area contributed by atoms with E-state index in [1.165, 1.54) is 0 Å². The smallest absolute Gasteiger partial charge is 0.332 e. The summed E-state index contributed by atoms with van der Waals surface area (Å²) < 4.78 is 37.4. The third kappa shape index (κ3) is 3.51. The number of nitrogens with two attached hydrogens (primary N) is 1. The third-order valence-corrected chi connectivity index (χ3v) is 3.52. The number of pyridine rings is 1. The second kappa shape index (κ2) is 5.98. The predicted molar refractivity (Wildman–Crippen MR) is 70.6 cm³/mol. The Hall–Kier alpha value is -1.67. The van der Waals surface area contributed by atoms with Crippen LogP contribution in [0.1, 0.15) is 16.1 Å². The number of halogens is 3. The van der Waals surface area contributed by atoms with Gasteiger partial charge in [-0.3, -0.25) is 9.78 Å². The van der Waals surface area contributed by atoms with Gasteiger partial charge in [0.2, 0.25) is 0 Å². The highest BCUT2D eigenvalue weighted by Gasteiger charge is 2.33. The molecule has 0 radical (unpaired) electrons. The maximum atomic E-state index is 12.5. The summed E-state index contributed by atoms with van der Waals surface area (Å²) >= 11 is 0. The van der Waals surface area contributed by atoms with E-state index in [2.05, 4.69) is 9.88 Å². The molecule has 5 nitrogen and oxygen atoms in total. The Morgan fingerprint density at radius 3 is 2.67 bits per heavy atom. The molecular formula is C13H17F3N4O. The average molecular weight is 302 g/mol. The Morgan fingerprint density at radius 1 is 1.43 bits per heavy atom. The van der Waals surface area contributed by atoms with Gasteiger partial charge < -0.3 is 15.5 Å². The normalized spacial score (nSPS) is 20.6. The predicted octanol–water partition coefficient (Wildman–Crippen LogP) is 0.815. The van der Waals surface area contributed by atoms with E-state index >= 15 is 0 Å². The second-order valence-corrected chi connectivity index (χ2v) is 5.08. The van der Waals surface area contributed by atoms with Crippen LogP contribution >= 0.6 is 0 Å². The molecule has 1 aliphatic rings. The lowest BCUT2D eigenvalue weighted by atomic mass is 10.1. The first-order valence-corrected chi connectivity index (χ1v) is 6.55. The molecule has 1 atom stereocenters. The second-order valence-electron chi connectivity index (χ2n) is 5.08. The topological polar surface area (TPSA) is 62.5 Å². The summed E-state index contributed by atoms with van der Waals surface area (Å²) in [5, 5.41) is 0. The van der Waals surface area contributed by atoms with Crippen molar-refractivity contribution in [3.63, 3.8) is 0 Å². The zero-order chi connectivity index (χ0) is 15.6. The zero-order valence-electron chi connectivity index (χ0n) is 11.6. The molecule has 0 aromatic carbocycles. The summed E-state index contributed by atoms with van der Waals surface area (Å²) in [5.74, 6) is -0.334. The molecular weight excluding hydrogens is 285 g/mol. The number of hydrogen-bond donors (Lipinski definition) is 1. The summed E-state index contributed by atoms with van der Waals surface area (Å²) in [6, 6.07) is 1.84. The summed E-state index contributed by atoms with van der Waals surface area (Å²) in [5.41, 5.74) is 4.81. The Kier molecular flexibility index (Phi) is 4.48. The highest BCUT2D eigenvalue weighted by Crippen LogP contribution is 2.27. The number of rotatable bonds is 2. The number of likely N-dealkylation sites (N-methyl/N-ethyl adjacent to an activating group) is 1. The van der Waals surface area contributed by atoms with Gasteiger partial charge in [0.15, 0.2) is 0 Å². The van der Waals surface area contributed by atoms with E-state index in [1.54, 1.807) is 4.90 Å². The van der Waals surface area contributed by atoms with E-state index < -0.39 is 11.9 Å². The maximum Gasteiger partial charge on any atom is 0.433 e. The standard InChI is InChI=1S/C13H17F3N4O/c1-19-4-5-20(10(6-17)8-19)12(21)9-2-3-11(18-7-9)13(14,15)16/h2-3,7,10H,4-6,8,17H2,1H3. The number of amides is 1. The largest absolute Gasteiger partial charge is 0.433 e. The maximum absolute atomic E-state index is 12.5. The van der Waals surface area contributed by atoms with Gasteiger partial charge in [0.05, 0.1) is 11.6 Å².